The van der Waals surface area contributed by atoms with Crippen molar-refractivity contribution in [1.29, 1.82) is 0 Å². The van der Waals surface area contributed by atoms with Gasteiger partial charge in [0, 0.05) is 32.7 Å². The minimum atomic E-state index is -1.25. The maximum atomic E-state index is 13.0. The Morgan fingerprint density at radius 3 is 2.25 bits per heavy atom. The quantitative estimate of drug-likeness (QED) is 0.718. The Morgan fingerprint density at radius 1 is 1.00 bits per heavy atom. The Kier molecular flexibility index (Phi) is 5.60. The van der Waals surface area contributed by atoms with Crippen molar-refractivity contribution in [3.8, 4) is 5.75 Å². The Hall–Kier alpha value is -2.61. The molecule has 2 aliphatic rings. The van der Waals surface area contributed by atoms with Crippen molar-refractivity contribution in [3.05, 3.63) is 24.3 Å². The molecule has 2 aliphatic heterocycles. The van der Waals surface area contributed by atoms with Gasteiger partial charge in [-0.1, -0.05) is 19.1 Å². The average molecular weight is 388 g/mol. The van der Waals surface area contributed by atoms with E-state index in [2.05, 4.69) is 4.90 Å². The van der Waals surface area contributed by atoms with Crippen molar-refractivity contribution < 1.29 is 19.1 Å². The van der Waals surface area contributed by atoms with E-state index in [1.807, 2.05) is 31.2 Å². The van der Waals surface area contributed by atoms with Gasteiger partial charge in [0.25, 0.3) is 5.91 Å². The van der Waals surface area contributed by atoms with Gasteiger partial charge in [0.05, 0.1) is 12.8 Å². The molecule has 2 fully saturated rings. The molecule has 0 aromatic heterocycles. The van der Waals surface area contributed by atoms with Crippen LogP contribution in [-0.2, 0) is 9.59 Å². The number of hydrogen-bond acceptors (Lipinski definition) is 6. The number of amides is 4. The third-order valence-corrected chi connectivity index (χ3v) is 5.33. The minimum Gasteiger partial charge on any atom is -0.495 e. The van der Waals surface area contributed by atoms with E-state index in [4.69, 9.17) is 4.74 Å². The van der Waals surface area contributed by atoms with E-state index in [-0.39, 0.29) is 0 Å². The second-order valence-corrected chi connectivity index (χ2v) is 7.59. The fourth-order valence-electron chi connectivity index (χ4n) is 3.68. The van der Waals surface area contributed by atoms with Crippen LogP contribution in [0.3, 0.4) is 0 Å². The summed E-state index contributed by atoms with van der Waals surface area (Å²) in [7, 11) is 1.64. The van der Waals surface area contributed by atoms with E-state index in [1.165, 1.54) is 9.91 Å². The topological polar surface area (TPSA) is 73.4 Å². The van der Waals surface area contributed by atoms with Gasteiger partial charge < -0.3 is 9.64 Å². The number of hydrogen-bond donors (Lipinski definition) is 0. The first kappa shape index (κ1) is 20.1. The monoisotopic (exact) mass is 388 g/mol. The van der Waals surface area contributed by atoms with Crippen LogP contribution in [0, 0.1) is 5.41 Å². The summed E-state index contributed by atoms with van der Waals surface area (Å²) >= 11 is 0. The number of imide groups is 2. The molecule has 0 spiro atoms. The van der Waals surface area contributed by atoms with Crippen LogP contribution in [0.4, 0.5) is 10.5 Å². The van der Waals surface area contributed by atoms with Gasteiger partial charge >= 0.3 is 6.03 Å². The maximum absolute atomic E-state index is 13.0. The molecule has 8 nitrogen and oxygen atoms in total. The summed E-state index contributed by atoms with van der Waals surface area (Å²) in [6.07, 6.45) is 0.650. The van der Waals surface area contributed by atoms with Gasteiger partial charge in [-0.25, -0.2) is 9.80 Å². The van der Waals surface area contributed by atoms with Crippen LogP contribution in [-0.4, -0.2) is 72.6 Å². The minimum absolute atomic E-state index is 0.312. The van der Waals surface area contributed by atoms with Crippen molar-refractivity contribution in [2.75, 3.05) is 44.7 Å². The third kappa shape index (κ3) is 3.32. The number of methoxy groups -OCH3 is 1. The second-order valence-electron chi connectivity index (χ2n) is 7.59. The smallest absolute Gasteiger partial charge is 0.348 e. The van der Waals surface area contributed by atoms with Gasteiger partial charge in [0.1, 0.15) is 11.2 Å². The first-order valence-corrected chi connectivity index (χ1v) is 9.66. The number of anilines is 1. The molecule has 0 radical (unpaired) electrons. The molecule has 0 unspecified atom stereocenters. The van der Waals surface area contributed by atoms with Crippen molar-refractivity contribution in [3.63, 3.8) is 0 Å². The number of piperazine rings is 1. The highest BCUT2D eigenvalue weighted by atomic mass is 16.5. The predicted molar refractivity (Wildman–Crippen MR) is 105 cm³/mol. The summed E-state index contributed by atoms with van der Waals surface area (Å²) in [6, 6.07) is 7.25. The highest BCUT2D eigenvalue weighted by Crippen LogP contribution is 2.32. The lowest BCUT2D eigenvalue weighted by Gasteiger charge is -2.47. The molecule has 0 atom stereocenters. The molecule has 1 aromatic carbocycles. The SMILES string of the molecule is CCCN1C(=O)N(N2CCN(c3ccccc3OC)CC2)C(=O)C(C)(C)C1=O. The van der Waals surface area contributed by atoms with Crippen molar-refractivity contribution in [2.45, 2.75) is 27.2 Å². The number of para-hydroxylation sites is 2. The second kappa shape index (κ2) is 7.79. The number of nitrogens with zero attached hydrogens (tertiary/aromatic N) is 4. The van der Waals surface area contributed by atoms with Gasteiger partial charge in [0.15, 0.2) is 0 Å². The van der Waals surface area contributed by atoms with Gasteiger partial charge in [-0.3, -0.25) is 14.5 Å². The number of ether oxygens (including phenoxy) is 1. The molecule has 0 bridgehead atoms. The van der Waals surface area contributed by atoms with E-state index in [9.17, 15) is 14.4 Å². The van der Waals surface area contributed by atoms with Crippen LogP contribution in [0.15, 0.2) is 24.3 Å². The van der Waals surface area contributed by atoms with Crippen LogP contribution in [0.2, 0.25) is 0 Å². The number of carbonyl (C=O) groups is 3. The molecule has 0 N–H and O–H groups in total. The number of urea groups is 1. The zero-order valence-corrected chi connectivity index (χ0v) is 17.0. The molecule has 3 rings (SSSR count). The molecule has 2 heterocycles. The summed E-state index contributed by atoms with van der Waals surface area (Å²) in [5.41, 5.74) is -0.257. The molecular weight excluding hydrogens is 360 g/mol. The molecular formula is C20H28N4O4. The summed E-state index contributed by atoms with van der Waals surface area (Å²) in [5.74, 6) is -0.0872. The third-order valence-electron chi connectivity index (χ3n) is 5.33. The summed E-state index contributed by atoms with van der Waals surface area (Å²) in [5, 5.41) is 2.93. The predicted octanol–water partition coefficient (Wildman–Crippen LogP) is 1.96. The van der Waals surface area contributed by atoms with E-state index in [1.54, 1.807) is 26.0 Å². The molecule has 2 saturated heterocycles. The largest absolute Gasteiger partial charge is 0.495 e. The normalized spacial score (nSPS) is 20.7. The van der Waals surface area contributed by atoms with Crippen LogP contribution in [0.25, 0.3) is 0 Å². The first-order valence-electron chi connectivity index (χ1n) is 9.66. The lowest BCUT2D eigenvalue weighted by atomic mass is 9.88. The molecule has 4 amide bonds. The number of carbonyl (C=O) groups excluding carboxylic acids is 3. The molecule has 28 heavy (non-hydrogen) atoms. The van der Waals surface area contributed by atoms with Gasteiger partial charge in [-0.2, -0.15) is 5.01 Å². The van der Waals surface area contributed by atoms with Crippen molar-refractivity contribution in [2.24, 2.45) is 5.41 Å². The van der Waals surface area contributed by atoms with Gasteiger partial charge in [-0.05, 0) is 32.4 Å². The maximum Gasteiger partial charge on any atom is 0.348 e. The van der Waals surface area contributed by atoms with E-state index in [0.29, 0.717) is 39.1 Å². The summed E-state index contributed by atoms with van der Waals surface area (Å²) in [4.78, 5) is 41.8. The van der Waals surface area contributed by atoms with Crippen molar-refractivity contribution in [1.82, 2.24) is 14.9 Å². The van der Waals surface area contributed by atoms with Crippen molar-refractivity contribution >= 4 is 23.5 Å². The number of barbiturate groups is 1. The lowest BCUT2D eigenvalue weighted by molar-refractivity contribution is -0.168. The standard InChI is InChI=1S/C20H28N4O4/c1-5-10-23-17(25)20(2,3)18(26)24(19(23)27)22-13-11-21(12-14-22)15-8-6-7-9-16(15)28-4/h6-9H,5,10-14H2,1-4H3. The van der Waals surface area contributed by atoms with E-state index >= 15 is 0 Å². The Bertz CT molecular complexity index is 771. The fraction of sp³-hybridized carbons (Fsp3) is 0.550. The number of benzene rings is 1. The molecule has 152 valence electrons. The molecule has 0 saturated carbocycles. The molecule has 8 heteroatoms. The van der Waals surface area contributed by atoms with Crippen LogP contribution < -0.4 is 9.64 Å². The number of hydrazine groups is 1. The molecule has 0 aliphatic carbocycles. The highest BCUT2D eigenvalue weighted by Gasteiger charge is 2.53. The van der Waals surface area contributed by atoms with E-state index < -0.39 is 23.3 Å². The zero-order valence-electron chi connectivity index (χ0n) is 17.0. The molecule has 1 aromatic rings. The Morgan fingerprint density at radius 2 is 1.64 bits per heavy atom. The van der Waals surface area contributed by atoms with Crippen LogP contribution in [0.5, 0.6) is 5.75 Å². The Labute approximate surface area is 165 Å². The van der Waals surface area contributed by atoms with Crippen LogP contribution in [0.1, 0.15) is 27.2 Å². The first-order chi connectivity index (χ1) is 13.3. The van der Waals surface area contributed by atoms with Gasteiger partial charge in [-0.15, -0.1) is 0 Å². The summed E-state index contributed by atoms with van der Waals surface area (Å²) < 4.78 is 5.44. The summed E-state index contributed by atoms with van der Waals surface area (Å²) in [6.45, 7) is 7.67. The zero-order chi connectivity index (χ0) is 20.5. The fourth-order valence-corrected chi connectivity index (χ4v) is 3.68. The Balaban J connectivity index is 1.78. The highest BCUT2D eigenvalue weighted by molar-refractivity contribution is 6.18. The number of rotatable bonds is 5. The average Bonchev–Trinajstić information content (AvgIpc) is 2.71. The lowest BCUT2D eigenvalue weighted by Crippen LogP contribution is -2.69. The van der Waals surface area contributed by atoms with Gasteiger partial charge in [0.2, 0.25) is 5.91 Å². The van der Waals surface area contributed by atoms with E-state index in [0.717, 1.165) is 11.4 Å². The van der Waals surface area contributed by atoms with Crippen LogP contribution >= 0.6 is 0 Å².